The number of hydrogen-bond acceptors (Lipinski definition) is 4. The van der Waals surface area contributed by atoms with Gasteiger partial charge in [0.2, 0.25) is 5.91 Å². The third-order valence-corrected chi connectivity index (χ3v) is 2.09. The van der Waals surface area contributed by atoms with Gasteiger partial charge in [-0.15, -0.1) is 0 Å². The Kier molecular flexibility index (Phi) is 4.13. The number of benzene rings is 1. The van der Waals surface area contributed by atoms with E-state index >= 15 is 0 Å². The lowest BCUT2D eigenvalue weighted by Gasteiger charge is -2.09. The first-order valence-corrected chi connectivity index (χ1v) is 4.86. The number of carbonyl (C=O) groups is 1. The molecule has 0 aliphatic rings. The molecular formula is C11H15NO4. The van der Waals surface area contributed by atoms with Crippen molar-refractivity contribution >= 4 is 5.91 Å². The van der Waals surface area contributed by atoms with Crippen molar-refractivity contribution < 1.29 is 19.7 Å². The van der Waals surface area contributed by atoms with Gasteiger partial charge in [0.15, 0.2) is 11.5 Å². The van der Waals surface area contributed by atoms with Gasteiger partial charge in [-0.05, 0) is 24.6 Å². The van der Waals surface area contributed by atoms with Crippen LogP contribution in [0.5, 0.6) is 11.5 Å². The van der Waals surface area contributed by atoms with E-state index < -0.39 is 12.0 Å². The first-order valence-electron chi connectivity index (χ1n) is 4.86. The minimum atomic E-state index is -1.03. The van der Waals surface area contributed by atoms with Crippen molar-refractivity contribution in [3.8, 4) is 11.5 Å². The predicted octanol–water partition coefficient (Wildman–Crippen LogP) is 0.398. The fourth-order valence-corrected chi connectivity index (χ4v) is 1.17. The molecular weight excluding hydrogens is 210 g/mol. The first kappa shape index (κ1) is 12.3. The molecule has 1 atom stereocenters. The van der Waals surface area contributed by atoms with Crippen LogP contribution in [0.15, 0.2) is 18.2 Å². The highest BCUT2D eigenvalue weighted by molar-refractivity contribution is 5.79. The van der Waals surface area contributed by atoms with E-state index in [1.54, 1.807) is 12.1 Å². The molecule has 0 bridgehead atoms. The summed E-state index contributed by atoms with van der Waals surface area (Å²) in [7, 11) is 1.45. The lowest BCUT2D eigenvalue weighted by atomic mass is 10.2. The molecule has 0 fully saturated rings. The topological polar surface area (TPSA) is 78.8 Å². The number of methoxy groups -OCH3 is 1. The van der Waals surface area contributed by atoms with Crippen molar-refractivity contribution in [3.63, 3.8) is 0 Å². The number of nitrogens with one attached hydrogen (secondary N) is 1. The van der Waals surface area contributed by atoms with Crippen molar-refractivity contribution in [1.29, 1.82) is 0 Å². The van der Waals surface area contributed by atoms with Crippen molar-refractivity contribution in [2.24, 2.45) is 0 Å². The van der Waals surface area contributed by atoms with Crippen LogP contribution in [-0.4, -0.2) is 29.3 Å². The molecule has 0 aliphatic heterocycles. The molecule has 0 aromatic heterocycles. The molecule has 0 saturated heterocycles. The third-order valence-electron chi connectivity index (χ3n) is 2.09. The van der Waals surface area contributed by atoms with Gasteiger partial charge in [0.25, 0.3) is 0 Å². The second-order valence-electron chi connectivity index (χ2n) is 3.40. The Labute approximate surface area is 93.7 Å². The van der Waals surface area contributed by atoms with Crippen LogP contribution in [-0.2, 0) is 11.3 Å². The Hall–Kier alpha value is -1.75. The standard InChI is InChI=1S/C11H15NO4/c1-7(13)11(15)12-6-8-3-4-9(14)10(5-8)16-2/h3-5,7,13-14H,6H2,1-2H3,(H,12,15)/t7-/m0/s1. The van der Waals surface area contributed by atoms with Gasteiger partial charge in [-0.2, -0.15) is 0 Å². The SMILES string of the molecule is COc1cc(CNC(=O)[C@H](C)O)ccc1O. The van der Waals surface area contributed by atoms with Crippen LogP contribution in [0, 0.1) is 0 Å². The molecule has 0 radical (unpaired) electrons. The monoisotopic (exact) mass is 225 g/mol. The average Bonchev–Trinajstić information content (AvgIpc) is 2.27. The largest absolute Gasteiger partial charge is 0.504 e. The number of ether oxygens (including phenoxy) is 1. The van der Waals surface area contributed by atoms with Gasteiger partial charge in [-0.3, -0.25) is 4.79 Å². The second kappa shape index (κ2) is 5.37. The molecule has 0 spiro atoms. The lowest BCUT2D eigenvalue weighted by Crippen LogP contribution is -2.31. The molecule has 0 aliphatic carbocycles. The Morgan fingerprint density at radius 1 is 1.56 bits per heavy atom. The van der Waals surface area contributed by atoms with E-state index in [1.165, 1.54) is 20.1 Å². The highest BCUT2D eigenvalue weighted by Gasteiger charge is 2.08. The van der Waals surface area contributed by atoms with E-state index in [0.29, 0.717) is 5.75 Å². The Bertz CT molecular complexity index is 376. The fourth-order valence-electron chi connectivity index (χ4n) is 1.17. The average molecular weight is 225 g/mol. The van der Waals surface area contributed by atoms with E-state index in [-0.39, 0.29) is 12.3 Å². The molecule has 1 rings (SSSR count). The number of aliphatic hydroxyl groups is 1. The summed E-state index contributed by atoms with van der Waals surface area (Å²) in [4.78, 5) is 11.1. The predicted molar refractivity (Wildman–Crippen MR) is 58.2 cm³/mol. The highest BCUT2D eigenvalue weighted by atomic mass is 16.5. The molecule has 3 N–H and O–H groups in total. The summed E-state index contributed by atoms with van der Waals surface area (Å²) in [5.74, 6) is -0.0380. The van der Waals surface area contributed by atoms with Crippen LogP contribution in [0.25, 0.3) is 0 Å². The van der Waals surface area contributed by atoms with Gasteiger partial charge in [0, 0.05) is 6.54 Å². The van der Waals surface area contributed by atoms with Crippen LogP contribution in [0.2, 0.25) is 0 Å². The van der Waals surface area contributed by atoms with Crippen LogP contribution in [0.3, 0.4) is 0 Å². The first-order chi connectivity index (χ1) is 7.54. The zero-order valence-corrected chi connectivity index (χ0v) is 9.23. The minimum absolute atomic E-state index is 0.0492. The maximum Gasteiger partial charge on any atom is 0.248 e. The van der Waals surface area contributed by atoms with Gasteiger partial charge in [0.05, 0.1) is 7.11 Å². The summed E-state index contributed by atoms with van der Waals surface area (Å²) < 4.78 is 4.93. The summed E-state index contributed by atoms with van der Waals surface area (Å²) in [5.41, 5.74) is 0.781. The number of aliphatic hydroxyl groups excluding tert-OH is 1. The molecule has 5 heteroatoms. The Balaban J connectivity index is 2.64. The third kappa shape index (κ3) is 3.13. The van der Waals surface area contributed by atoms with Gasteiger partial charge in [-0.25, -0.2) is 0 Å². The molecule has 0 heterocycles. The number of phenols is 1. The molecule has 88 valence electrons. The van der Waals surface area contributed by atoms with Crippen molar-refractivity contribution in [2.45, 2.75) is 19.6 Å². The maximum absolute atomic E-state index is 11.1. The molecule has 1 aromatic carbocycles. The zero-order chi connectivity index (χ0) is 12.1. The number of rotatable bonds is 4. The number of aromatic hydroxyl groups is 1. The van der Waals surface area contributed by atoms with Crippen LogP contribution in [0.1, 0.15) is 12.5 Å². The fraction of sp³-hybridized carbons (Fsp3) is 0.364. The second-order valence-corrected chi connectivity index (χ2v) is 3.40. The number of carbonyl (C=O) groups excluding carboxylic acids is 1. The van der Waals surface area contributed by atoms with Crippen molar-refractivity contribution in [2.75, 3.05) is 7.11 Å². The summed E-state index contributed by atoms with van der Waals surface area (Å²) >= 11 is 0. The number of hydrogen-bond donors (Lipinski definition) is 3. The van der Waals surface area contributed by atoms with Gasteiger partial charge >= 0.3 is 0 Å². The van der Waals surface area contributed by atoms with E-state index in [0.717, 1.165) is 5.56 Å². The maximum atomic E-state index is 11.1. The molecule has 0 saturated carbocycles. The minimum Gasteiger partial charge on any atom is -0.504 e. The zero-order valence-electron chi connectivity index (χ0n) is 9.23. The molecule has 16 heavy (non-hydrogen) atoms. The summed E-state index contributed by atoms with van der Waals surface area (Å²) in [6.45, 7) is 1.67. The highest BCUT2D eigenvalue weighted by Crippen LogP contribution is 2.26. The van der Waals surface area contributed by atoms with E-state index in [4.69, 9.17) is 9.84 Å². The molecule has 5 nitrogen and oxygen atoms in total. The van der Waals surface area contributed by atoms with E-state index in [1.807, 2.05) is 0 Å². The molecule has 1 aromatic rings. The van der Waals surface area contributed by atoms with Crippen LogP contribution >= 0.6 is 0 Å². The van der Waals surface area contributed by atoms with Gasteiger partial charge < -0.3 is 20.3 Å². The van der Waals surface area contributed by atoms with E-state index in [2.05, 4.69) is 5.32 Å². The smallest absolute Gasteiger partial charge is 0.248 e. The van der Waals surface area contributed by atoms with E-state index in [9.17, 15) is 9.90 Å². The van der Waals surface area contributed by atoms with Crippen molar-refractivity contribution in [3.05, 3.63) is 23.8 Å². The van der Waals surface area contributed by atoms with Crippen LogP contribution in [0.4, 0.5) is 0 Å². The normalized spacial score (nSPS) is 11.9. The molecule has 1 amide bonds. The molecule has 0 unspecified atom stereocenters. The number of phenolic OH excluding ortho intramolecular Hbond substituents is 1. The Morgan fingerprint density at radius 3 is 2.81 bits per heavy atom. The lowest BCUT2D eigenvalue weighted by molar-refractivity contribution is -0.128. The Morgan fingerprint density at radius 2 is 2.25 bits per heavy atom. The quantitative estimate of drug-likeness (QED) is 0.693. The van der Waals surface area contributed by atoms with Gasteiger partial charge in [0.1, 0.15) is 6.10 Å². The van der Waals surface area contributed by atoms with Crippen molar-refractivity contribution in [1.82, 2.24) is 5.32 Å². The summed E-state index contributed by atoms with van der Waals surface area (Å²) in [6, 6.07) is 4.78. The van der Waals surface area contributed by atoms with Crippen LogP contribution < -0.4 is 10.1 Å². The summed E-state index contributed by atoms with van der Waals surface area (Å²) in [5, 5.41) is 20.9. The summed E-state index contributed by atoms with van der Waals surface area (Å²) in [6.07, 6.45) is -1.03. The van der Waals surface area contributed by atoms with Gasteiger partial charge in [-0.1, -0.05) is 6.07 Å². The number of amides is 1.